The first-order chi connectivity index (χ1) is 16.1. The molecule has 0 amide bonds. The van der Waals surface area contributed by atoms with Crippen molar-refractivity contribution in [2.75, 3.05) is 0 Å². The van der Waals surface area contributed by atoms with Crippen molar-refractivity contribution in [3.63, 3.8) is 0 Å². The highest BCUT2D eigenvalue weighted by Crippen LogP contribution is 2.32. The number of carbonyl (C=O) groups excluding carboxylic acids is 2. The van der Waals surface area contributed by atoms with Gasteiger partial charge in [0.1, 0.15) is 5.60 Å². The number of ether oxygens (including phenoxy) is 2. The minimum absolute atomic E-state index is 0.0864. The fourth-order valence-electron chi connectivity index (χ4n) is 3.74. The molecule has 0 aliphatic rings. The lowest BCUT2D eigenvalue weighted by Crippen LogP contribution is -2.52. The maximum atomic E-state index is 13.1. The minimum Gasteiger partial charge on any atom is -0.458 e. The lowest BCUT2D eigenvalue weighted by molar-refractivity contribution is -0.162. The van der Waals surface area contributed by atoms with Crippen LogP contribution in [0.5, 0.6) is 5.75 Å². The molecular formula is C28H34N2O4. The molecule has 0 fully saturated rings. The third kappa shape index (κ3) is 5.39. The third-order valence-corrected chi connectivity index (χ3v) is 6.25. The van der Waals surface area contributed by atoms with E-state index >= 15 is 0 Å². The number of fused-ring (bicyclic) bond motifs is 1. The largest absolute Gasteiger partial charge is 0.458 e. The van der Waals surface area contributed by atoms with Crippen molar-refractivity contribution in [1.29, 1.82) is 0 Å². The highest BCUT2D eigenvalue weighted by atomic mass is 16.6. The van der Waals surface area contributed by atoms with E-state index < -0.39 is 17.1 Å². The average molecular weight is 463 g/mol. The summed E-state index contributed by atoms with van der Waals surface area (Å²) in [6.45, 7) is 11.5. The van der Waals surface area contributed by atoms with Gasteiger partial charge in [0.15, 0.2) is 11.3 Å². The molecule has 0 saturated heterocycles. The first-order valence-corrected chi connectivity index (χ1v) is 11.6. The molecule has 2 aromatic carbocycles. The van der Waals surface area contributed by atoms with E-state index in [1.807, 2.05) is 86.9 Å². The molecule has 0 bridgehead atoms. The number of benzene rings is 2. The van der Waals surface area contributed by atoms with Crippen molar-refractivity contribution >= 4 is 22.8 Å². The van der Waals surface area contributed by atoms with Crippen LogP contribution in [0.3, 0.4) is 0 Å². The number of hydrogen-bond acceptors (Lipinski definition) is 5. The number of esters is 2. The zero-order chi connectivity index (χ0) is 24.9. The summed E-state index contributed by atoms with van der Waals surface area (Å²) in [5, 5.41) is 0.757. The van der Waals surface area contributed by atoms with Gasteiger partial charge in [-0.2, -0.15) is 0 Å². The molecule has 3 aromatic rings. The standard InChI is InChI=1S/C28H34N2O4/c1-6-21(20-14-10-9-11-15-20)25(31)33-24-18-30(23-17-13-12-16-22(23)24)19-28(29,8-3)26(32)34-27(4,5)7-2/h8-18,21H,3,6-7,19,29H2,1-2,4-5H3. The number of nitrogens with zero attached hydrogens (tertiary/aromatic N) is 1. The van der Waals surface area contributed by atoms with Gasteiger partial charge in [0.2, 0.25) is 0 Å². The van der Waals surface area contributed by atoms with Crippen molar-refractivity contribution in [3.05, 3.63) is 79.0 Å². The van der Waals surface area contributed by atoms with Crippen LogP contribution in [0.4, 0.5) is 0 Å². The SMILES string of the molecule is C=CC(N)(Cn1cc(OC(=O)C(CC)c2ccccc2)c2ccccc21)C(=O)OC(C)(C)CC. The van der Waals surface area contributed by atoms with Crippen LogP contribution in [-0.2, 0) is 20.9 Å². The zero-order valence-corrected chi connectivity index (χ0v) is 20.4. The van der Waals surface area contributed by atoms with Crippen molar-refractivity contribution in [3.8, 4) is 5.75 Å². The van der Waals surface area contributed by atoms with Gasteiger partial charge in [0.25, 0.3) is 0 Å². The zero-order valence-electron chi connectivity index (χ0n) is 20.4. The Hall–Kier alpha value is -3.38. The second kappa shape index (κ2) is 10.3. The van der Waals surface area contributed by atoms with Crippen molar-refractivity contribution in [1.82, 2.24) is 4.57 Å². The molecule has 34 heavy (non-hydrogen) atoms. The van der Waals surface area contributed by atoms with Crippen LogP contribution >= 0.6 is 0 Å². The fourth-order valence-corrected chi connectivity index (χ4v) is 3.74. The molecule has 2 unspecified atom stereocenters. The van der Waals surface area contributed by atoms with Gasteiger partial charge in [0.05, 0.1) is 18.0 Å². The summed E-state index contributed by atoms with van der Waals surface area (Å²) >= 11 is 0. The number of carbonyl (C=O) groups is 2. The number of hydrogen-bond donors (Lipinski definition) is 1. The molecule has 6 heteroatoms. The van der Waals surface area contributed by atoms with Crippen LogP contribution in [0.25, 0.3) is 10.9 Å². The molecule has 0 saturated carbocycles. The number of para-hydroxylation sites is 1. The highest BCUT2D eigenvalue weighted by Gasteiger charge is 2.37. The second-order valence-electron chi connectivity index (χ2n) is 9.18. The lowest BCUT2D eigenvalue weighted by atomic mass is 9.97. The van der Waals surface area contributed by atoms with E-state index in [0.717, 1.165) is 16.5 Å². The summed E-state index contributed by atoms with van der Waals surface area (Å²) in [7, 11) is 0. The molecule has 1 aromatic heterocycles. The van der Waals surface area contributed by atoms with E-state index in [-0.39, 0.29) is 18.4 Å². The summed E-state index contributed by atoms with van der Waals surface area (Å²) in [5.41, 5.74) is 6.06. The van der Waals surface area contributed by atoms with Crippen LogP contribution < -0.4 is 10.5 Å². The van der Waals surface area contributed by atoms with Crippen molar-refractivity contribution < 1.29 is 19.1 Å². The minimum atomic E-state index is -1.45. The predicted molar refractivity (Wildman–Crippen MR) is 135 cm³/mol. The summed E-state index contributed by atoms with van der Waals surface area (Å²) < 4.78 is 13.3. The van der Waals surface area contributed by atoms with Crippen molar-refractivity contribution in [2.45, 2.75) is 64.1 Å². The van der Waals surface area contributed by atoms with Gasteiger partial charge in [-0.05, 0) is 44.4 Å². The highest BCUT2D eigenvalue weighted by molar-refractivity contribution is 5.91. The van der Waals surface area contributed by atoms with Gasteiger partial charge in [-0.25, -0.2) is 4.79 Å². The lowest BCUT2D eigenvalue weighted by Gasteiger charge is -2.31. The number of aromatic nitrogens is 1. The van der Waals surface area contributed by atoms with E-state index in [1.165, 1.54) is 6.08 Å². The monoisotopic (exact) mass is 462 g/mol. The summed E-state index contributed by atoms with van der Waals surface area (Å²) in [5.74, 6) is -0.843. The second-order valence-corrected chi connectivity index (χ2v) is 9.18. The van der Waals surface area contributed by atoms with Crippen LogP contribution in [-0.4, -0.2) is 27.6 Å². The maximum absolute atomic E-state index is 13.1. The topological polar surface area (TPSA) is 83.5 Å². The first kappa shape index (κ1) is 25.2. The molecule has 0 aliphatic carbocycles. The Morgan fingerprint density at radius 2 is 1.74 bits per heavy atom. The molecule has 6 nitrogen and oxygen atoms in total. The van der Waals surface area contributed by atoms with Gasteiger partial charge < -0.3 is 19.8 Å². The van der Waals surface area contributed by atoms with E-state index in [2.05, 4.69) is 6.58 Å². The number of nitrogens with two attached hydrogens (primary N) is 1. The Kier molecular flexibility index (Phi) is 7.62. The Morgan fingerprint density at radius 3 is 2.35 bits per heavy atom. The predicted octanol–water partition coefficient (Wildman–Crippen LogP) is 5.36. The normalized spacial score (nSPS) is 14.3. The molecule has 2 N–H and O–H groups in total. The molecule has 2 atom stereocenters. The molecule has 0 aliphatic heterocycles. The van der Waals surface area contributed by atoms with Gasteiger partial charge in [0, 0.05) is 11.6 Å². The molecule has 0 radical (unpaired) electrons. The smallest absolute Gasteiger partial charge is 0.332 e. The Balaban J connectivity index is 1.92. The summed E-state index contributed by atoms with van der Waals surface area (Å²) in [6, 6.07) is 17.1. The first-order valence-electron chi connectivity index (χ1n) is 11.6. The van der Waals surface area contributed by atoms with E-state index in [0.29, 0.717) is 18.6 Å². The van der Waals surface area contributed by atoms with Crippen LogP contribution in [0.15, 0.2) is 73.4 Å². The summed E-state index contributed by atoms with van der Waals surface area (Å²) in [6.07, 6.45) is 4.38. The summed E-state index contributed by atoms with van der Waals surface area (Å²) in [4.78, 5) is 26.1. The van der Waals surface area contributed by atoms with Crippen molar-refractivity contribution in [2.24, 2.45) is 5.73 Å². The van der Waals surface area contributed by atoms with E-state index in [9.17, 15) is 9.59 Å². The number of rotatable bonds is 10. The van der Waals surface area contributed by atoms with Crippen LogP contribution in [0, 0.1) is 0 Å². The van der Waals surface area contributed by atoms with Crippen LogP contribution in [0.2, 0.25) is 0 Å². The van der Waals surface area contributed by atoms with E-state index in [1.54, 1.807) is 6.20 Å². The van der Waals surface area contributed by atoms with Gasteiger partial charge >= 0.3 is 11.9 Å². The average Bonchev–Trinajstić information content (AvgIpc) is 3.16. The van der Waals surface area contributed by atoms with E-state index in [4.69, 9.17) is 15.2 Å². The maximum Gasteiger partial charge on any atom is 0.332 e. The fraction of sp³-hybridized carbons (Fsp3) is 0.357. The Morgan fingerprint density at radius 1 is 1.09 bits per heavy atom. The molecule has 0 spiro atoms. The van der Waals surface area contributed by atoms with Gasteiger partial charge in [-0.3, -0.25) is 4.79 Å². The quantitative estimate of drug-likeness (QED) is 0.324. The molecular weight excluding hydrogens is 428 g/mol. The Bertz CT molecular complexity index is 1170. The van der Waals surface area contributed by atoms with Crippen LogP contribution in [0.1, 0.15) is 52.0 Å². The molecule has 1 heterocycles. The molecule has 180 valence electrons. The van der Waals surface area contributed by atoms with Gasteiger partial charge in [-0.1, -0.05) is 62.4 Å². The molecule has 3 rings (SSSR count). The van der Waals surface area contributed by atoms with Gasteiger partial charge in [-0.15, -0.1) is 6.58 Å². The third-order valence-electron chi connectivity index (χ3n) is 6.25. The Labute approximate surface area is 201 Å².